The number of primary amides is 1. The Morgan fingerprint density at radius 1 is 1.48 bits per heavy atom. The Labute approximate surface area is 126 Å². The molecule has 1 fully saturated rings. The van der Waals surface area contributed by atoms with Crippen molar-refractivity contribution in [2.45, 2.75) is 39.2 Å². The van der Waals surface area contributed by atoms with E-state index in [1.54, 1.807) is 0 Å². The molecule has 0 saturated carbocycles. The summed E-state index contributed by atoms with van der Waals surface area (Å²) < 4.78 is 11.6. The van der Waals surface area contributed by atoms with Crippen molar-refractivity contribution in [3.05, 3.63) is 29.8 Å². The molecule has 1 saturated heterocycles. The van der Waals surface area contributed by atoms with E-state index in [9.17, 15) is 4.79 Å². The van der Waals surface area contributed by atoms with E-state index < -0.39 is 0 Å². The average Bonchev–Trinajstić information content (AvgIpc) is 2.79. The first-order chi connectivity index (χ1) is 9.95. The number of ether oxygens (including phenoxy) is 1. The van der Waals surface area contributed by atoms with Gasteiger partial charge in [-0.05, 0) is 30.6 Å². The van der Waals surface area contributed by atoms with Gasteiger partial charge in [0.1, 0.15) is 12.4 Å². The van der Waals surface area contributed by atoms with Crippen LogP contribution in [0.1, 0.15) is 19.4 Å². The maximum Gasteiger partial charge on any atom is 0.379 e. The molecule has 0 aliphatic carbocycles. The van der Waals surface area contributed by atoms with Crippen molar-refractivity contribution >= 4 is 13.0 Å². The molecule has 1 heterocycles. The maximum absolute atomic E-state index is 10.8. The Bertz CT molecular complexity index is 478. The summed E-state index contributed by atoms with van der Waals surface area (Å²) in [5, 5.41) is 0. The van der Waals surface area contributed by atoms with Gasteiger partial charge in [-0.2, -0.15) is 0 Å². The number of hydrogen-bond donors (Lipinski definition) is 1. The summed E-state index contributed by atoms with van der Waals surface area (Å²) in [6.07, 6.45) is 0.347. The van der Waals surface area contributed by atoms with Crippen LogP contribution in [0.5, 0.6) is 5.75 Å². The molecule has 1 aliphatic heterocycles. The molecule has 5 nitrogen and oxygen atoms in total. The predicted octanol–water partition coefficient (Wildman–Crippen LogP) is 1.32. The fraction of sp³-hybridized carbons (Fsp3) is 0.533. The van der Waals surface area contributed by atoms with Gasteiger partial charge in [0.05, 0.1) is 12.5 Å². The zero-order valence-electron chi connectivity index (χ0n) is 12.9. The molecule has 2 N–H and O–H groups in total. The molecule has 1 aromatic carbocycles. The summed E-state index contributed by atoms with van der Waals surface area (Å²) in [6.45, 7) is 7.82. The number of amides is 1. The molecule has 1 amide bonds. The van der Waals surface area contributed by atoms with Gasteiger partial charge in [0.25, 0.3) is 0 Å². The van der Waals surface area contributed by atoms with Crippen LogP contribution < -0.4 is 10.5 Å². The average molecular weight is 290 g/mol. The molecule has 21 heavy (non-hydrogen) atoms. The first-order valence-corrected chi connectivity index (χ1v) is 7.37. The summed E-state index contributed by atoms with van der Waals surface area (Å²) in [5.74, 6) is 0.452. The predicted molar refractivity (Wildman–Crippen MR) is 83.2 cm³/mol. The normalized spacial score (nSPS) is 19.2. The Kier molecular flexibility index (Phi) is 5.25. The number of rotatable bonds is 6. The lowest BCUT2D eigenvalue weighted by Gasteiger charge is -2.21. The lowest BCUT2D eigenvalue weighted by Crippen LogP contribution is -2.37. The smallest absolute Gasteiger partial charge is 0.379 e. The molecule has 1 aliphatic rings. The molecule has 0 radical (unpaired) electrons. The fourth-order valence-electron chi connectivity index (χ4n) is 2.60. The Morgan fingerprint density at radius 3 is 2.67 bits per heavy atom. The van der Waals surface area contributed by atoms with E-state index in [-0.39, 0.29) is 25.5 Å². The zero-order chi connectivity index (χ0) is 15.4. The highest BCUT2D eigenvalue weighted by atomic mass is 16.5. The van der Waals surface area contributed by atoms with Gasteiger partial charge in [-0.3, -0.25) is 4.79 Å². The maximum atomic E-state index is 10.8. The SMILES string of the molecule is CB1OC(COc2ccc(CC(N)=O)cc2)CN1C(C)C. The van der Waals surface area contributed by atoms with Crippen molar-refractivity contribution in [2.24, 2.45) is 5.73 Å². The van der Waals surface area contributed by atoms with E-state index in [2.05, 4.69) is 25.5 Å². The third-order valence-corrected chi connectivity index (χ3v) is 3.67. The zero-order valence-corrected chi connectivity index (χ0v) is 12.9. The van der Waals surface area contributed by atoms with Gasteiger partial charge in [0.15, 0.2) is 0 Å². The lowest BCUT2D eigenvalue weighted by atomic mass is 9.84. The van der Waals surface area contributed by atoms with Crippen LogP contribution in [0.15, 0.2) is 24.3 Å². The Hall–Kier alpha value is -1.53. The number of nitrogens with two attached hydrogens (primary N) is 1. The molecular formula is C15H23BN2O3. The summed E-state index contributed by atoms with van der Waals surface area (Å²) in [6, 6.07) is 7.91. The minimum Gasteiger partial charge on any atom is -0.491 e. The number of benzene rings is 1. The van der Waals surface area contributed by atoms with Crippen molar-refractivity contribution in [3.63, 3.8) is 0 Å². The number of hydrogen-bond acceptors (Lipinski definition) is 4. The Balaban J connectivity index is 1.82. The summed E-state index contributed by atoms with van der Waals surface area (Å²) in [7, 11) is 0.136. The molecule has 1 unspecified atom stereocenters. The van der Waals surface area contributed by atoms with Crippen molar-refractivity contribution in [1.82, 2.24) is 4.81 Å². The van der Waals surface area contributed by atoms with Gasteiger partial charge in [0.2, 0.25) is 5.91 Å². The molecule has 0 aromatic heterocycles. The standard InChI is InChI=1S/C15H23BN2O3/c1-11(2)18-9-14(21-16(18)3)10-20-13-6-4-12(5-7-13)8-15(17)19/h4-7,11,14H,8-10H2,1-3H3,(H2,17,19). The van der Waals surface area contributed by atoms with Gasteiger partial charge in [-0.1, -0.05) is 26.0 Å². The minimum absolute atomic E-state index is 0.0905. The van der Waals surface area contributed by atoms with E-state index in [0.717, 1.165) is 17.9 Å². The Morgan fingerprint density at radius 2 is 2.14 bits per heavy atom. The van der Waals surface area contributed by atoms with E-state index in [1.165, 1.54) is 0 Å². The molecule has 1 atom stereocenters. The number of carbonyl (C=O) groups excluding carboxylic acids is 1. The first kappa shape index (κ1) is 15.9. The van der Waals surface area contributed by atoms with Crippen LogP contribution in [0.2, 0.25) is 6.82 Å². The fourth-order valence-corrected chi connectivity index (χ4v) is 2.60. The minimum atomic E-state index is -0.328. The van der Waals surface area contributed by atoms with E-state index in [0.29, 0.717) is 12.6 Å². The van der Waals surface area contributed by atoms with E-state index in [1.807, 2.05) is 24.3 Å². The largest absolute Gasteiger partial charge is 0.491 e. The molecule has 6 heteroatoms. The second-order valence-corrected chi connectivity index (χ2v) is 5.75. The lowest BCUT2D eigenvalue weighted by molar-refractivity contribution is -0.117. The van der Waals surface area contributed by atoms with Crippen LogP contribution in [-0.2, 0) is 15.9 Å². The van der Waals surface area contributed by atoms with Crippen molar-refractivity contribution in [1.29, 1.82) is 0 Å². The summed E-state index contributed by atoms with van der Waals surface area (Å²) >= 11 is 0. The highest BCUT2D eigenvalue weighted by molar-refractivity contribution is 6.47. The van der Waals surface area contributed by atoms with Crippen molar-refractivity contribution < 1.29 is 14.2 Å². The van der Waals surface area contributed by atoms with E-state index >= 15 is 0 Å². The van der Waals surface area contributed by atoms with Crippen LogP contribution >= 0.6 is 0 Å². The second kappa shape index (κ2) is 6.96. The molecule has 1 aromatic rings. The first-order valence-electron chi connectivity index (χ1n) is 7.37. The van der Waals surface area contributed by atoms with Crippen molar-refractivity contribution in [2.75, 3.05) is 13.2 Å². The topological polar surface area (TPSA) is 64.8 Å². The number of carbonyl (C=O) groups is 1. The van der Waals surface area contributed by atoms with Gasteiger partial charge in [0, 0.05) is 6.54 Å². The second-order valence-electron chi connectivity index (χ2n) is 5.75. The van der Waals surface area contributed by atoms with Gasteiger partial charge < -0.3 is 19.9 Å². The summed E-state index contributed by atoms with van der Waals surface area (Å²) in [5.41, 5.74) is 6.06. The van der Waals surface area contributed by atoms with Crippen molar-refractivity contribution in [3.8, 4) is 5.75 Å². The van der Waals surface area contributed by atoms with Crippen LogP contribution in [0.4, 0.5) is 0 Å². The molecule has 0 spiro atoms. The monoisotopic (exact) mass is 290 g/mol. The van der Waals surface area contributed by atoms with Crippen LogP contribution in [0.25, 0.3) is 0 Å². The molecule has 114 valence electrons. The van der Waals surface area contributed by atoms with Gasteiger partial charge in [-0.15, -0.1) is 0 Å². The highest BCUT2D eigenvalue weighted by Crippen LogP contribution is 2.18. The van der Waals surface area contributed by atoms with Crippen LogP contribution in [0.3, 0.4) is 0 Å². The third-order valence-electron chi connectivity index (χ3n) is 3.67. The van der Waals surface area contributed by atoms with Gasteiger partial charge in [-0.25, -0.2) is 0 Å². The molecule has 0 bridgehead atoms. The van der Waals surface area contributed by atoms with E-state index in [4.69, 9.17) is 15.1 Å². The van der Waals surface area contributed by atoms with Crippen LogP contribution in [0, 0.1) is 0 Å². The summed E-state index contributed by atoms with van der Waals surface area (Å²) in [4.78, 5) is 13.1. The number of nitrogens with zero attached hydrogens (tertiary/aromatic N) is 1. The quantitative estimate of drug-likeness (QED) is 0.803. The molecule has 2 rings (SSSR count). The third kappa shape index (κ3) is 4.47. The van der Waals surface area contributed by atoms with Gasteiger partial charge >= 0.3 is 7.05 Å². The van der Waals surface area contributed by atoms with Crippen LogP contribution in [-0.4, -0.2) is 43.1 Å². The highest BCUT2D eigenvalue weighted by Gasteiger charge is 2.35. The molecular weight excluding hydrogens is 267 g/mol.